The second-order valence-electron chi connectivity index (χ2n) is 9.63. The summed E-state index contributed by atoms with van der Waals surface area (Å²) < 4.78 is 5.68. The van der Waals surface area contributed by atoms with Gasteiger partial charge < -0.3 is 20.3 Å². The number of carbonyl (C=O) groups is 3. The van der Waals surface area contributed by atoms with Crippen LogP contribution in [0.1, 0.15) is 24.0 Å². The minimum Gasteiger partial charge on any atom is -0.504 e. The summed E-state index contributed by atoms with van der Waals surface area (Å²) in [6.45, 7) is 0.762. The number of phenols is 2. The quantitative estimate of drug-likeness (QED) is 0.375. The fraction of sp³-hybridized carbons (Fsp3) is 0.400. The summed E-state index contributed by atoms with van der Waals surface area (Å²) in [7, 11) is 0. The number of carbonyl (C=O) groups excluding carboxylic acids is 3. The van der Waals surface area contributed by atoms with Crippen molar-refractivity contribution in [2.45, 2.75) is 36.9 Å². The van der Waals surface area contributed by atoms with Crippen molar-refractivity contribution in [1.29, 1.82) is 0 Å². The van der Waals surface area contributed by atoms with Crippen molar-refractivity contribution >= 4 is 35.0 Å². The number of benzene rings is 2. The Morgan fingerprint density at radius 2 is 1.94 bits per heavy atom. The molecule has 10 heteroatoms. The number of likely N-dealkylation sites (tertiary alicyclic amines) is 1. The molecule has 1 unspecified atom stereocenters. The van der Waals surface area contributed by atoms with Crippen LogP contribution in [0.25, 0.3) is 0 Å². The Morgan fingerprint density at radius 1 is 1.11 bits per heavy atom. The highest BCUT2D eigenvalue weighted by Gasteiger charge is 2.70. The fourth-order valence-corrected chi connectivity index (χ4v) is 6.37. The van der Waals surface area contributed by atoms with E-state index >= 15 is 0 Å². The number of hydrogen-bond acceptors (Lipinski definition) is 7. The van der Waals surface area contributed by atoms with E-state index in [1.165, 1.54) is 17.0 Å². The third kappa shape index (κ3) is 3.18. The highest BCUT2D eigenvalue weighted by atomic mass is 35.5. The number of anilines is 1. The molecule has 4 heterocycles. The first-order valence-corrected chi connectivity index (χ1v) is 12.0. The van der Waals surface area contributed by atoms with Gasteiger partial charge in [0.1, 0.15) is 5.54 Å². The summed E-state index contributed by atoms with van der Waals surface area (Å²) in [5.74, 6) is -3.44. The Bertz CT molecular complexity index is 1260. The largest absolute Gasteiger partial charge is 0.504 e. The average Bonchev–Trinajstić information content (AvgIpc) is 3.57. The zero-order chi connectivity index (χ0) is 24.5. The summed E-state index contributed by atoms with van der Waals surface area (Å²) in [5.41, 5.74) is 0.176. The number of nitrogens with one attached hydrogen (secondary N) is 2. The van der Waals surface area contributed by atoms with E-state index in [0.29, 0.717) is 28.4 Å². The topological polar surface area (TPSA) is 128 Å². The molecule has 4 N–H and O–H groups in total. The molecule has 0 radical (unpaired) electrons. The Labute approximate surface area is 206 Å². The van der Waals surface area contributed by atoms with Gasteiger partial charge in [-0.15, -0.1) is 0 Å². The standard InChI is InChI=1S/C25H24ClN3O6/c26-15-5-1-4-14-21(15)27-24(34)25(14)20-19(16(28-25)9-12-6-7-17(30)18(31)10-12)22(32)29(23(20)33)11-13-3-2-8-35-13/h1,4-7,10,13,16,19-20,28,30-31H,2-3,8-9,11H2,(H,27,34)/t13?,16-,19-,20+,25+/m0/s1. The third-order valence-electron chi connectivity index (χ3n) is 7.70. The maximum atomic E-state index is 13.8. The number of hydrogen-bond donors (Lipinski definition) is 4. The molecule has 2 aromatic rings. The molecule has 2 aromatic carbocycles. The zero-order valence-electron chi connectivity index (χ0n) is 18.7. The molecule has 0 aliphatic carbocycles. The predicted octanol–water partition coefficient (Wildman–Crippen LogP) is 1.89. The van der Waals surface area contributed by atoms with Gasteiger partial charge in [0.15, 0.2) is 11.5 Å². The number of imide groups is 1. The second-order valence-corrected chi connectivity index (χ2v) is 10.0. The maximum absolute atomic E-state index is 13.8. The van der Waals surface area contributed by atoms with Crippen LogP contribution in [-0.4, -0.2) is 58.1 Å². The van der Waals surface area contributed by atoms with Gasteiger partial charge in [0, 0.05) is 18.2 Å². The minimum absolute atomic E-state index is 0.164. The minimum atomic E-state index is -1.45. The van der Waals surface area contributed by atoms with Gasteiger partial charge in [0.05, 0.1) is 35.2 Å². The molecule has 35 heavy (non-hydrogen) atoms. The molecule has 3 amide bonds. The third-order valence-corrected chi connectivity index (χ3v) is 8.01. The molecule has 6 rings (SSSR count). The summed E-state index contributed by atoms with van der Waals surface area (Å²) >= 11 is 6.37. The Balaban J connectivity index is 1.43. The predicted molar refractivity (Wildman–Crippen MR) is 125 cm³/mol. The molecule has 5 atom stereocenters. The van der Waals surface area contributed by atoms with Crippen LogP contribution in [0.4, 0.5) is 5.69 Å². The summed E-state index contributed by atoms with van der Waals surface area (Å²) in [6.07, 6.45) is 1.69. The Morgan fingerprint density at radius 3 is 2.69 bits per heavy atom. The molecule has 3 fully saturated rings. The number of halogens is 1. The normalized spacial score (nSPS) is 31.3. The molecule has 4 aliphatic rings. The molecular formula is C25H24ClN3O6. The number of rotatable bonds is 4. The molecule has 0 aromatic heterocycles. The lowest BCUT2D eigenvalue weighted by atomic mass is 9.76. The van der Waals surface area contributed by atoms with Crippen LogP contribution in [0.3, 0.4) is 0 Å². The second kappa shape index (κ2) is 7.94. The summed E-state index contributed by atoms with van der Waals surface area (Å²) in [4.78, 5) is 42.3. The first-order chi connectivity index (χ1) is 16.8. The average molecular weight is 498 g/mol. The van der Waals surface area contributed by atoms with Crippen LogP contribution in [-0.2, 0) is 31.1 Å². The SMILES string of the molecule is O=C1[C@H]2[C@H](Cc3ccc(O)c(O)c3)N[C@@]3(C(=O)Nc4c(Cl)cccc43)[C@H]2C(=O)N1CC1CCCO1. The van der Waals surface area contributed by atoms with Crippen LogP contribution < -0.4 is 10.6 Å². The number of ether oxygens (including phenoxy) is 1. The van der Waals surface area contributed by atoms with E-state index in [1.54, 1.807) is 24.3 Å². The van der Waals surface area contributed by atoms with Crippen molar-refractivity contribution in [2.24, 2.45) is 11.8 Å². The molecule has 4 aliphatic heterocycles. The molecule has 0 bridgehead atoms. The van der Waals surface area contributed by atoms with Crippen LogP contribution in [0.15, 0.2) is 36.4 Å². The van der Waals surface area contributed by atoms with Crippen molar-refractivity contribution in [3.63, 3.8) is 0 Å². The molecule has 0 saturated carbocycles. The van der Waals surface area contributed by atoms with E-state index in [9.17, 15) is 24.6 Å². The number of fused-ring (bicyclic) bond motifs is 4. The lowest BCUT2D eigenvalue weighted by Crippen LogP contribution is -2.54. The van der Waals surface area contributed by atoms with E-state index in [-0.39, 0.29) is 36.5 Å². The van der Waals surface area contributed by atoms with Gasteiger partial charge in [-0.2, -0.15) is 0 Å². The van der Waals surface area contributed by atoms with Gasteiger partial charge >= 0.3 is 0 Å². The van der Waals surface area contributed by atoms with Gasteiger partial charge in [-0.05, 0) is 43.0 Å². The van der Waals surface area contributed by atoms with Crippen molar-refractivity contribution in [2.75, 3.05) is 18.5 Å². The number of phenolic OH excluding ortho intramolecular Hbond substituents is 2. The van der Waals surface area contributed by atoms with E-state index in [0.717, 1.165) is 12.8 Å². The highest BCUT2D eigenvalue weighted by Crippen LogP contribution is 2.54. The van der Waals surface area contributed by atoms with Gasteiger partial charge in [-0.25, -0.2) is 0 Å². The summed E-state index contributed by atoms with van der Waals surface area (Å²) in [6, 6.07) is 8.98. The lowest BCUT2D eigenvalue weighted by molar-refractivity contribution is -0.144. The molecule has 182 valence electrons. The van der Waals surface area contributed by atoms with Crippen LogP contribution in [0.2, 0.25) is 5.02 Å². The summed E-state index contributed by atoms with van der Waals surface area (Å²) in [5, 5.41) is 26.2. The maximum Gasteiger partial charge on any atom is 0.250 e. The first kappa shape index (κ1) is 22.3. The van der Waals surface area contributed by atoms with Gasteiger partial charge in [-0.3, -0.25) is 24.6 Å². The van der Waals surface area contributed by atoms with E-state index < -0.39 is 35.2 Å². The molecule has 3 saturated heterocycles. The van der Waals surface area contributed by atoms with Crippen molar-refractivity contribution in [3.05, 3.63) is 52.5 Å². The van der Waals surface area contributed by atoms with Crippen LogP contribution >= 0.6 is 11.6 Å². The Kier molecular flexibility index (Phi) is 5.07. The number of aromatic hydroxyl groups is 2. The smallest absolute Gasteiger partial charge is 0.250 e. The van der Waals surface area contributed by atoms with Crippen LogP contribution in [0, 0.1) is 11.8 Å². The van der Waals surface area contributed by atoms with Crippen LogP contribution in [0.5, 0.6) is 11.5 Å². The first-order valence-electron chi connectivity index (χ1n) is 11.7. The number of amides is 3. The fourth-order valence-electron chi connectivity index (χ4n) is 6.15. The van der Waals surface area contributed by atoms with Crippen molar-refractivity contribution in [3.8, 4) is 11.5 Å². The molecule has 1 spiro atoms. The van der Waals surface area contributed by atoms with E-state index in [4.69, 9.17) is 16.3 Å². The lowest BCUT2D eigenvalue weighted by Gasteiger charge is -2.30. The number of para-hydroxylation sites is 1. The van der Waals surface area contributed by atoms with E-state index in [1.807, 2.05) is 0 Å². The molecular weight excluding hydrogens is 474 g/mol. The highest BCUT2D eigenvalue weighted by molar-refractivity contribution is 6.35. The van der Waals surface area contributed by atoms with E-state index in [2.05, 4.69) is 10.6 Å². The van der Waals surface area contributed by atoms with Crippen molar-refractivity contribution < 1.29 is 29.3 Å². The zero-order valence-corrected chi connectivity index (χ0v) is 19.4. The number of nitrogens with zero attached hydrogens (tertiary/aromatic N) is 1. The van der Waals surface area contributed by atoms with Gasteiger partial charge in [0.2, 0.25) is 17.7 Å². The van der Waals surface area contributed by atoms with Gasteiger partial charge in [-0.1, -0.05) is 29.8 Å². The van der Waals surface area contributed by atoms with Gasteiger partial charge in [0.25, 0.3) is 0 Å². The Hall–Kier alpha value is -3.14. The monoisotopic (exact) mass is 497 g/mol. The molecule has 9 nitrogen and oxygen atoms in total. The van der Waals surface area contributed by atoms with Crippen molar-refractivity contribution in [1.82, 2.24) is 10.2 Å².